The Morgan fingerprint density at radius 2 is 2.12 bits per heavy atom. The van der Waals surface area contributed by atoms with Crippen molar-refractivity contribution in [3.05, 3.63) is 47.5 Å². The first kappa shape index (κ1) is 17.6. The van der Waals surface area contributed by atoms with Gasteiger partial charge in [0, 0.05) is 19.7 Å². The first-order valence-electron chi connectivity index (χ1n) is 7.27. The minimum atomic E-state index is -0.641. The van der Waals surface area contributed by atoms with Crippen LogP contribution in [-0.4, -0.2) is 48.7 Å². The first-order valence-corrected chi connectivity index (χ1v) is 7.27. The van der Waals surface area contributed by atoms with Crippen LogP contribution in [0, 0.1) is 12.7 Å². The van der Waals surface area contributed by atoms with Crippen LogP contribution >= 0.6 is 0 Å². The van der Waals surface area contributed by atoms with Gasteiger partial charge in [-0.05, 0) is 19.1 Å². The van der Waals surface area contributed by atoms with Crippen molar-refractivity contribution < 1.29 is 23.2 Å². The Balaban J connectivity index is 2.08. The Hall–Kier alpha value is -2.74. The van der Waals surface area contributed by atoms with E-state index in [4.69, 9.17) is 9.26 Å². The van der Waals surface area contributed by atoms with Gasteiger partial charge in [0.05, 0.1) is 12.2 Å². The third kappa shape index (κ3) is 4.63. The van der Waals surface area contributed by atoms with Gasteiger partial charge in [0.1, 0.15) is 18.1 Å². The van der Waals surface area contributed by atoms with Crippen molar-refractivity contribution in [2.24, 2.45) is 0 Å². The minimum Gasteiger partial charge on any atom is -0.383 e. The van der Waals surface area contributed by atoms with E-state index in [1.165, 1.54) is 30.2 Å². The standard InChI is InChI=1S/C16H18FN3O4/c1-11-9-14(19-24-11)18-15(21)10-20(7-8-23-2)16(22)12-5-3-4-6-13(12)17/h3-6,9H,7-8,10H2,1-2H3,(H,18,19,21). The summed E-state index contributed by atoms with van der Waals surface area (Å²) in [5.74, 6) is -0.898. The van der Waals surface area contributed by atoms with Crippen LogP contribution in [0.25, 0.3) is 0 Å². The van der Waals surface area contributed by atoms with E-state index in [-0.39, 0.29) is 31.1 Å². The number of carbonyl (C=O) groups excluding carboxylic acids is 2. The summed E-state index contributed by atoms with van der Waals surface area (Å²) in [7, 11) is 1.48. The van der Waals surface area contributed by atoms with Gasteiger partial charge in [-0.3, -0.25) is 9.59 Å². The highest BCUT2D eigenvalue weighted by Gasteiger charge is 2.21. The fourth-order valence-corrected chi connectivity index (χ4v) is 2.04. The smallest absolute Gasteiger partial charge is 0.257 e. The maximum absolute atomic E-state index is 13.8. The number of aryl methyl sites for hydroxylation is 1. The molecule has 2 aromatic rings. The molecular formula is C16H18FN3O4. The predicted octanol–water partition coefficient (Wildman–Crippen LogP) is 1.85. The largest absolute Gasteiger partial charge is 0.383 e. The number of hydrogen-bond acceptors (Lipinski definition) is 5. The molecule has 1 N–H and O–H groups in total. The Bertz CT molecular complexity index is 717. The number of amides is 2. The summed E-state index contributed by atoms with van der Waals surface area (Å²) in [6.07, 6.45) is 0. The third-order valence-electron chi connectivity index (χ3n) is 3.19. The van der Waals surface area contributed by atoms with Crippen LogP contribution in [0.5, 0.6) is 0 Å². The molecule has 0 saturated heterocycles. The lowest BCUT2D eigenvalue weighted by atomic mass is 10.2. The van der Waals surface area contributed by atoms with Crippen molar-refractivity contribution in [1.29, 1.82) is 0 Å². The molecule has 0 fully saturated rings. The van der Waals surface area contributed by atoms with Crippen LogP contribution in [0.4, 0.5) is 10.2 Å². The van der Waals surface area contributed by atoms with E-state index in [9.17, 15) is 14.0 Å². The number of rotatable bonds is 7. The van der Waals surface area contributed by atoms with Crippen molar-refractivity contribution in [3.8, 4) is 0 Å². The van der Waals surface area contributed by atoms with E-state index in [0.29, 0.717) is 5.76 Å². The van der Waals surface area contributed by atoms with Crippen LogP contribution in [0.2, 0.25) is 0 Å². The van der Waals surface area contributed by atoms with E-state index in [2.05, 4.69) is 10.5 Å². The highest BCUT2D eigenvalue weighted by atomic mass is 19.1. The molecule has 1 aromatic heterocycles. The summed E-state index contributed by atoms with van der Waals surface area (Å²) < 4.78 is 23.6. The van der Waals surface area contributed by atoms with Gasteiger partial charge >= 0.3 is 0 Å². The molecule has 0 spiro atoms. The van der Waals surface area contributed by atoms with E-state index >= 15 is 0 Å². The molecule has 2 amide bonds. The van der Waals surface area contributed by atoms with Gasteiger partial charge in [0.25, 0.3) is 5.91 Å². The zero-order chi connectivity index (χ0) is 17.5. The molecule has 1 heterocycles. The summed E-state index contributed by atoms with van der Waals surface area (Å²) in [5, 5.41) is 6.17. The van der Waals surface area contributed by atoms with Crippen molar-refractivity contribution >= 4 is 17.6 Å². The molecule has 8 heteroatoms. The quantitative estimate of drug-likeness (QED) is 0.835. The van der Waals surface area contributed by atoms with Crippen molar-refractivity contribution in [1.82, 2.24) is 10.1 Å². The molecule has 0 atom stereocenters. The number of nitrogens with zero attached hydrogens (tertiary/aromatic N) is 2. The number of benzene rings is 1. The molecule has 0 aliphatic carbocycles. The Kier molecular flexibility index (Phi) is 6.02. The van der Waals surface area contributed by atoms with E-state index in [0.717, 1.165) is 0 Å². The maximum atomic E-state index is 13.8. The monoisotopic (exact) mass is 335 g/mol. The number of carbonyl (C=O) groups is 2. The van der Waals surface area contributed by atoms with Gasteiger partial charge in [-0.25, -0.2) is 4.39 Å². The average molecular weight is 335 g/mol. The summed E-state index contributed by atoms with van der Waals surface area (Å²) >= 11 is 0. The molecule has 0 unspecified atom stereocenters. The topological polar surface area (TPSA) is 84.7 Å². The number of nitrogens with one attached hydrogen (secondary N) is 1. The average Bonchev–Trinajstić information content (AvgIpc) is 2.96. The van der Waals surface area contributed by atoms with Crippen LogP contribution in [0.15, 0.2) is 34.9 Å². The number of methoxy groups -OCH3 is 1. The van der Waals surface area contributed by atoms with Crippen LogP contribution in [-0.2, 0) is 9.53 Å². The fourth-order valence-electron chi connectivity index (χ4n) is 2.04. The number of anilines is 1. The van der Waals surface area contributed by atoms with Crippen LogP contribution in [0.1, 0.15) is 16.1 Å². The summed E-state index contributed by atoms with van der Waals surface area (Å²) in [6.45, 7) is 1.79. The van der Waals surface area contributed by atoms with E-state index < -0.39 is 17.6 Å². The summed E-state index contributed by atoms with van der Waals surface area (Å²) in [4.78, 5) is 25.8. The van der Waals surface area contributed by atoms with Gasteiger partial charge < -0.3 is 19.5 Å². The van der Waals surface area contributed by atoms with Gasteiger partial charge in [0.15, 0.2) is 5.82 Å². The van der Waals surface area contributed by atoms with Crippen LogP contribution < -0.4 is 5.32 Å². The molecule has 128 valence electrons. The molecule has 7 nitrogen and oxygen atoms in total. The lowest BCUT2D eigenvalue weighted by Crippen LogP contribution is -2.40. The molecule has 24 heavy (non-hydrogen) atoms. The molecule has 0 radical (unpaired) electrons. The summed E-state index contributed by atoms with van der Waals surface area (Å²) in [6, 6.07) is 7.17. The zero-order valence-electron chi connectivity index (χ0n) is 13.4. The Morgan fingerprint density at radius 1 is 1.38 bits per heavy atom. The van der Waals surface area contributed by atoms with Gasteiger partial charge in [-0.1, -0.05) is 17.3 Å². The van der Waals surface area contributed by atoms with E-state index in [1.807, 2.05) is 0 Å². The molecule has 0 saturated carbocycles. The molecule has 0 aliphatic heterocycles. The lowest BCUT2D eigenvalue weighted by molar-refractivity contribution is -0.117. The second-order valence-corrected chi connectivity index (χ2v) is 5.07. The zero-order valence-corrected chi connectivity index (χ0v) is 13.4. The predicted molar refractivity (Wildman–Crippen MR) is 84.0 cm³/mol. The van der Waals surface area contributed by atoms with Gasteiger partial charge in [-0.2, -0.15) is 0 Å². The maximum Gasteiger partial charge on any atom is 0.257 e. The molecule has 0 bridgehead atoms. The third-order valence-corrected chi connectivity index (χ3v) is 3.19. The fraction of sp³-hybridized carbons (Fsp3) is 0.312. The van der Waals surface area contributed by atoms with E-state index in [1.54, 1.807) is 19.1 Å². The number of halogens is 1. The van der Waals surface area contributed by atoms with Crippen LogP contribution in [0.3, 0.4) is 0 Å². The molecule has 2 rings (SSSR count). The summed E-state index contributed by atoms with van der Waals surface area (Å²) in [5.41, 5.74) is -0.0984. The molecular weight excluding hydrogens is 317 g/mol. The molecule has 1 aromatic carbocycles. The number of aromatic nitrogens is 1. The normalized spacial score (nSPS) is 10.5. The number of hydrogen-bond donors (Lipinski definition) is 1. The minimum absolute atomic E-state index is 0.0984. The number of ether oxygens (including phenoxy) is 1. The second-order valence-electron chi connectivity index (χ2n) is 5.07. The van der Waals surface area contributed by atoms with Crippen molar-refractivity contribution in [3.63, 3.8) is 0 Å². The van der Waals surface area contributed by atoms with Crippen molar-refractivity contribution in [2.75, 3.05) is 32.1 Å². The second kappa shape index (κ2) is 8.21. The van der Waals surface area contributed by atoms with Crippen molar-refractivity contribution in [2.45, 2.75) is 6.92 Å². The Labute approximate surface area is 138 Å². The highest BCUT2D eigenvalue weighted by molar-refractivity contribution is 5.99. The van der Waals surface area contributed by atoms with Gasteiger partial charge in [-0.15, -0.1) is 0 Å². The molecule has 0 aliphatic rings. The lowest BCUT2D eigenvalue weighted by Gasteiger charge is -2.21. The SMILES string of the molecule is COCCN(CC(=O)Nc1cc(C)on1)C(=O)c1ccccc1F. The highest BCUT2D eigenvalue weighted by Crippen LogP contribution is 2.11. The van der Waals surface area contributed by atoms with Gasteiger partial charge in [0.2, 0.25) is 5.91 Å². The Morgan fingerprint density at radius 3 is 2.75 bits per heavy atom. The first-order chi connectivity index (χ1) is 11.5.